The van der Waals surface area contributed by atoms with E-state index in [1.807, 2.05) is 0 Å². The van der Waals surface area contributed by atoms with Crippen LogP contribution in [0.3, 0.4) is 0 Å². The molecule has 0 aliphatic heterocycles. The Morgan fingerprint density at radius 2 is 2.15 bits per heavy atom. The molecule has 0 aromatic heterocycles. The summed E-state index contributed by atoms with van der Waals surface area (Å²) in [6, 6.07) is -1.00. The van der Waals surface area contributed by atoms with Crippen LogP contribution in [0.2, 0.25) is 0 Å². The zero-order chi connectivity index (χ0) is 10.3. The fourth-order valence-electron chi connectivity index (χ4n) is 0.756. The number of carboxylic acids is 1. The SMILES string of the molecule is NCCC[C@H](NC(=O)ON)C(=O)O. The normalized spacial score (nSPS) is 11.8. The van der Waals surface area contributed by atoms with Crippen molar-refractivity contribution >= 4 is 12.1 Å². The van der Waals surface area contributed by atoms with Crippen molar-refractivity contribution < 1.29 is 19.5 Å². The lowest BCUT2D eigenvalue weighted by molar-refractivity contribution is -0.139. The molecule has 0 unspecified atom stereocenters. The Labute approximate surface area is 75.0 Å². The Bertz CT molecular complexity index is 185. The first kappa shape index (κ1) is 11.7. The first-order valence-electron chi connectivity index (χ1n) is 3.72. The summed E-state index contributed by atoms with van der Waals surface area (Å²) in [5.41, 5.74) is 5.18. The number of carbonyl (C=O) groups is 2. The van der Waals surface area contributed by atoms with E-state index >= 15 is 0 Å². The molecule has 0 heterocycles. The number of nitrogens with one attached hydrogen (secondary N) is 1. The van der Waals surface area contributed by atoms with Gasteiger partial charge in [-0.1, -0.05) is 0 Å². The van der Waals surface area contributed by atoms with Crippen LogP contribution >= 0.6 is 0 Å². The van der Waals surface area contributed by atoms with Crippen LogP contribution in [-0.4, -0.2) is 29.8 Å². The summed E-state index contributed by atoms with van der Waals surface area (Å²) in [5.74, 6) is 3.38. The average Bonchev–Trinajstić information content (AvgIpc) is 2.11. The minimum absolute atomic E-state index is 0.251. The van der Waals surface area contributed by atoms with Crippen molar-refractivity contribution in [3.63, 3.8) is 0 Å². The molecule has 7 nitrogen and oxygen atoms in total. The molecule has 0 rings (SSSR count). The van der Waals surface area contributed by atoms with Gasteiger partial charge in [-0.05, 0) is 19.4 Å². The van der Waals surface area contributed by atoms with E-state index in [1.54, 1.807) is 0 Å². The topological polar surface area (TPSA) is 128 Å². The number of rotatable bonds is 5. The predicted molar refractivity (Wildman–Crippen MR) is 43.5 cm³/mol. The summed E-state index contributed by atoms with van der Waals surface area (Å²) >= 11 is 0. The van der Waals surface area contributed by atoms with Gasteiger partial charge in [0.25, 0.3) is 0 Å². The number of hydrogen-bond donors (Lipinski definition) is 4. The fraction of sp³-hybridized carbons (Fsp3) is 0.667. The molecule has 13 heavy (non-hydrogen) atoms. The Balaban J connectivity index is 3.94. The Hall–Kier alpha value is -1.34. The van der Waals surface area contributed by atoms with Crippen LogP contribution in [0.1, 0.15) is 12.8 Å². The summed E-state index contributed by atoms with van der Waals surface area (Å²) in [7, 11) is 0. The van der Waals surface area contributed by atoms with Crippen LogP contribution in [0.4, 0.5) is 4.79 Å². The second-order valence-electron chi connectivity index (χ2n) is 2.37. The van der Waals surface area contributed by atoms with E-state index in [4.69, 9.17) is 10.8 Å². The van der Waals surface area contributed by atoms with Gasteiger partial charge in [-0.2, -0.15) is 5.90 Å². The Morgan fingerprint density at radius 3 is 2.54 bits per heavy atom. The minimum atomic E-state index is -1.14. The number of amides is 1. The van der Waals surface area contributed by atoms with Gasteiger partial charge in [-0.3, -0.25) is 0 Å². The van der Waals surface area contributed by atoms with E-state index in [0.717, 1.165) is 0 Å². The summed E-state index contributed by atoms with van der Waals surface area (Å²) in [6.07, 6.45) is -0.215. The number of aliphatic carboxylic acids is 1. The van der Waals surface area contributed by atoms with E-state index in [1.165, 1.54) is 0 Å². The van der Waals surface area contributed by atoms with Crippen LogP contribution in [0.15, 0.2) is 0 Å². The molecule has 0 fully saturated rings. The zero-order valence-corrected chi connectivity index (χ0v) is 7.03. The second-order valence-corrected chi connectivity index (χ2v) is 2.37. The van der Waals surface area contributed by atoms with E-state index in [0.29, 0.717) is 13.0 Å². The van der Waals surface area contributed by atoms with Crippen molar-refractivity contribution in [1.82, 2.24) is 5.32 Å². The highest BCUT2D eigenvalue weighted by Crippen LogP contribution is 1.96. The standard InChI is InChI=1S/C6H13N3O4/c7-3-1-2-4(5(10)11)9-6(12)13-8/h4H,1-3,7-8H2,(H,9,12)(H,10,11)/t4-/m0/s1. The lowest BCUT2D eigenvalue weighted by Gasteiger charge is -2.11. The summed E-state index contributed by atoms with van der Waals surface area (Å²) in [4.78, 5) is 24.8. The highest BCUT2D eigenvalue weighted by molar-refractivity contribution is 5.79. The van der Waals surface area contributed by atoms with Gasteiger partial charge in [0.15, 0.2) is 0 Å². The maximum absolute atomic E-state index is 10.5. The molecule has 1 amide bonds. The van der Waals surface area contributed by atoms with E-state index in [-0.39, 0.29) is 6.42 Å². The lowest BCUT2D eigenvalue weighted by atomic mass is 10.1. The zero-order valence-electron chi connectivity index (χ0n) is 7.03. The Morgan fingerprint density at radius 1 is 1.54 bits per heavy atom. The molecule has 0 saturated heterocycles. The molecule has 0 aliphatic carbocycles. The van der Waals surface area contributed by atoms with Gasteiger partial charge in [0, 0.05) is 0 Å². The van der Waals surface area contributed by atoms with Crippen molar-refractivity contribution in [2.24, 2.45) is 11.6 Å². The van der Waals surface area contributed by atoms with Crippen molar-refractivity contribution in [3.05, 3.63) is 0 Å². The maximum Gasteiger partial charge on any atom is 0.426 e. The first-order valence-corrected chi connectivity index (χ1v) is 3.72. The van der Waals surface area contributed by atoms with Gasteiger partial charge in [-0.25, -0.2) is 9.59 Å². The van der Waals surface area contributed by atoms with Gasteiger partial charge in [0.2, 0.25) is 0 Å². The third kappa shape index (κ3) is 4.99. The van der Waals surface area contributed by atoms with Gasteiger partial charge in [0.1, 0.15) is 6.04 Å². The highest BCUT2D eigenvalue weighted by Gasteiger charge is 2.19. The Kier molecular flexibility index (Phi) is 5.57. The molecule has 0 saturated carbocycles. The van der Waals surface area contributed by atoms with Crippen LogP contribution in [0.5, 0.6) is 0 Å². The molecule has 0 spiro atoms. The van der Waals surface area contributed by atoms with Crippen LogP contribution in [0, 0.1) is 0 Å². The maximum atomic E-state index is 10.5. The van der Waals surface area contributed by atoms with Crippen LogP contribution in [0.25, 0.3) is 0 Å². The predicted octanol–water partition coefficient (Wildman–Crippen LogP) is -1.22. The molecule has 0 aromatic rings. The monoisotopic (exact) mass is 191 g/mol. The molecule has 0 aromatic carbocycles. The van der Waals surface area contributed by atoms with E-state index < -0.39 is 18.1 Å². The molecule has 7 heteroatoms. The third-order valence-corrected chi connectivity index (χ3v) is 1.39. The highest BCUT2D eigenvalue weighted by atomic mass is 16.7. The number of nitrogens with two attached hydrogens (primary N) is 2. The van der Waals surface area contributed by atoms with Crippen molar-refractivity contribution in [3.8, 4) is 0 Å². The molecule has 1 atom stereocenters. The fourth-order valence-corrected chi connectivity index (χ4v) is 0.756. The van der Waals surface area contributed by atoms with E-state index in [9.17, 15) is 9.59 Å². The number of carbonyl (C=O) groups excluding carboxylic acids is 1. The molecule has 6 N–H and O–H groups in total. The molecule has 0 radical (unpaired) electrons. The van der Waals surface area contributed by atoms with Crippen molar-refractivity contribution in [2.45, 2.75) is 18.9 Å². The molecule has 0 aliphatic rings. The smallest absolute Gasteiger partial charge is 0.426 e. The largest absolute Gasteiger partial charge is 0.480 e. The third-order valence-electron chi connectivity index (χ3n) is 1.39. The average molecular weight is 191 g/mol. The van der Waals surface area contributed by atoms with E-state index in [2.05, 4.69) is 16.1 Å². The lowest BCUT2D eigenvalue weighted by Crippen LogP contribution is -2.42. The molecular weight excluding hydrogens is 178 g/mol. The molecule has 76 valence electrons. The van der Waals surface area contributed by atoms with Crippen LogP contribution in [-0.2, 0) is 9.63 Å². The quantitative estimate of drug-likeness (QED) is 0.403. The summed E-state index contributed by atoms with van der Waals surface area (Å²) < 4.78 is 0. The molecule has 0 bridgehead atoms. The van der Waals surface area contributed by atoms with Gasteiger partial charge in [0.05, 0.1) is 0 Å². The summed E-state index contributed by atoms with van der Waals surface area (Å²) in [5, 5.41) is 10.7. The van der Waals surface area contributed by atoms with Crippen molar-refractivity contribution in [2.75, 3.05) is 6.54 Å². The number of carboxylic acid groups (broad SMARTS) is 1. The first-order chi connectivity index (χ1) is 6.11. The van der Waals surface area contributed by atoms with Crippen LogP contribution < -0.4 is 16.9 Å². The second kappa shape index (κ2) is 6.21. The number of hydrogen-bond acceptors (Lipinski definition) is 5. The summed E-state index contributed by atoms with van der Waals surface area (Å²) in [6.45, 7) is 0.364. The molecular formula is C6H13N3O4. The van der Waals surface area contributed by atoms with Crippen molar-refractivity contribution in [1.29, 1.82) is 0 Å². The minimum Gasteiger partial charge on any atom is -0.480 e. The van der Waals surface area contributed by atoms with Gasteiger partial charge >= 0.3 is 12.1 Å². The van der Waals surface area contributed by atoms with Gasteiger partial charge < -0.3 is 21.0 Å². The van der Waals surface area contributed by atoms with Gasteiger partial charge in [-0.15, -0.1) is 0 Å².